The summed E-state index contributed by atoms with van der Waals surface area (Å²) < 4.78 is 16.7. The van der Waals surface area contributed by atoms with Crippen molar-refractivity contribution in [2.45, 2.75) is 100 Å². The van der Waals surface area contributed by atoms with Crippen LogP contribution in [0.3, 0.4) is 0 Å². The Bertz CT molecular complexity index is 2600. The van der Waals surface area contributed by atoms with Crippen molar-refractivity contribution in [3.8, 4) is 0 Å². The van der Waals surface area contributed by atoms with Gasteiger partial charge >= 0.3 is 17.9 Å². The van der Waals surface area contributed by atoms with Crippen LogP contribution in [0.2, 0.25) is 0 Å². The Hall–Kier alpha value is -8.10. The van der Waals surface area contributed by atoms with Gasteiger partial charge in [-0.3, -0.25) is 14.4 Å². The summed E-state index contributed by atoms with van der Waals surface area (Å²) in [6.45, 7) is 0.832. The number of rotatable bonds is 30. The zero-order valence-corrected chi connectivity index (χ0v) is 44.4. The molecular weight excluding hydrogens is 1000 g/mol. The molecule has 0 fully saturated rings. The number of anilines is 3. The molecule has 18 nitrogen and oxygen atoms in total. The second-order valence-corrected chi connectivity index (χ2v) is 19.5. The highest BCUT2D eigenvalue weighted by Gasteiger charge is 2.45. The quantitative estimate of drug-likeness (QED) is 0.00776. The van der Waals surface area contributed by atoms with Crippen LogP contribution in [0.25, 0.3) is 0 Å². The Labute approximate surface area is 461 Å². The zero-order valence-electron chi connectivity index (χ0n) is 44.4. The molecule has 0 saturated heterocycles. The van der Waals surface area contributed by atoms with E-state index in [1.807, 2.05) is 91.0 Å². The predicted molar refractivity (Wildman–Crippen MR) is 304 cm³/mol. The maximum absolute atomic E-state index is 14.0. The third kappa shape index (κ3) is 16.7. The van der Waals surface area contributed by atoms with E-state index in [0.29, 0.717) is 75.2 Å². The van der Waals surface area contributed by atoms with E-state index >= 15 is 0 Å². The lowest BCUT2D eigenvalue weighted by Crippen LogP contribution is -2.58. The summed E-state index contributed by atoms with van der Waals surface area (Å²) in [6.07, 6.45) is 2.80. The van der Waals surface area contributed by atoms with E-state index in [2.05, 4.69) is 16.0 Å². The standard InChI is InChI=1S/C61H73N9O9/c62-37-13-10-34-59(65,56(74)77-40-43-16-4-1-5-17-43)53(71)68-49-28-22-46(23-29-49)52(47-24-30-50(31-25-47)69-54(72)60(66,35-11-14-38-63)57(75)78-41-44-18-6-2-7-19-44)48-26-32-51(33-27-48)70-55(73)61(67,36-12-15-39-64)58(76)79-42-45-20-8-3-9-21-45/h1-9,16-33,52H,10-15,34-42,62-67H2,(H,68,71)(H,69,72)(H,70,73)/t59-,60-,61-/m1/s1. The average molecular weight is 1080 g/mol. The fraction of sp³-hybridized carbons (Fsp3) is 0.311. The highest BCUT2D eigenvalue weighted by Crippen LogP contribution is 2.35. The lowest BCUT2D eigenvalue weighted by atomic mass is 9.84. The van der Waals surface area contributed by atoms with Gasteiger partial charge < -0.3 is 64.6 Å². The molecule has 6 rings (SSSR count). The summed E-state index contributed by atoms with van der Waals surface area (Å²) in [6, 6.07) is 48.1. The minimum absolute atomic E-state index is 0.00545. The number of amides is 3. The largest absolute Gasteiger partial charge is 0.459 e. The summed E-state index contributed by atoms with van der Waals surface area (Å²) >= 11 is 0. The molecule has 18 heteroatoms. The Morgan fingerprint density at radius 1 is 0.354 bits per heavy atom. The van der Waals surface area contributed by atoms with Crippen LogP contribution in [0.5, 0.6) is 0 Å². The van der Waals surface area contributed by atoms with Crippen LogP contribution in [-0.4, -0.2) is 71.9 Å². The van der Waals surface area contributed by atoms with Crippen LogP contribution in [0.4, 0.5) is 17.1 Å². The maximum Gasteiger partial charge on any atom is 0.336 e. The molecule has 0 aliphatic heterocycles. The molecule has 0 unspecified atom stereocenters. The second-order valence-electron chi connectivity index (χ2n) is 19.5. The van der Waals surface area contributed by atoms with Crippen molar-refractivity contribution in [3.05, 3.63) is 197 Å². The molecule has 416 valence electrons. The molecule has 15 N–H and O–H groups in total. The van der Waals surface area contributed by atoms with Crippen LogP contribution in [0.1, 0.15) is 97.1 Å². The topological polar surface area (TPSA) is 322 Å². The molecule has 0 saturated carbocycles. The van der Waals surface area contributed by atoms with Gasteiger partial charge in [-0.05, 0) is 147 Å². The van der Waals surface area contributed by atoms with E-state index in [1.165, 1.54) is 0 Å². The Morgan fingerprint density at radius 3 is 0.823 bits per heavy atom. The summed E-state index contributed by atoms with van der Waals surface area (Å²) in [5, 5.41) is 8.44. The highest BCUT2D eigenvalue weighted by molar-refractivity contribution is 6.14. The van der Waals surface area contributed by atoms with Crippen molar-refractivity contribution in [2.24, 2.45) is 34.4 Å². The summed E-state index contributed by atoms with van der Waals surface area (Å²) in [5.41, 5.74) is 36.5. The van der Waals surface area contributed by atoms with Crippen molar-refractivity contribution in [2.75, 3.05) is 35.6 Å². The van der Waals surface area contributed by atoms with E-state index < -0.39 is 58.2 Å². The number of nitrogens with one attached hydrogen (secondary N) is 3. The number of hydrogen-bond donors (Lipinski definition) is 9. The zero-order chi connectivity index (χ0) is 56.7. The Kier molecular flexibility index (Phi) is 22.5. The lowest BCUT2D eigenvalue weighted by Gasteiger charge is -2.27. The van der Waals surface area contributed by atoms with Crippen LogP contribution < -0.4 is 50.4 Å². The van der Waals surface area contributed by atoms with E-state index in [4.69, 9.17) is 48.6 Å². The molecule has 0 radical (unpaired) electrons. The normalized spacial score (nSPS) is 13.4. The van der Waals surface area contributed by atoms with Gasteiger partial charge in [-0.2, -0.15) is 0 Å². The summed E-state index contributed by atoms with van der Waals surface area (Å²) in [5.74, 6) is -5.39. The average Bonchev–Trinajstić information content (AvgIpc) is 3.50. The number of unbranched alkanes of at least 4 members (excludes halogenated alkanes) is 3. The van der Waals surface area contributed by atoms with Gasteiger partial charge in [0.2, 0.25) is 0 Å². The Balaban J connectivity index is 1.27. The molecular formula is C61H73N9O9. The number of benzene rings is 6. The first-order chi connectivity index (χ1) is 38.1. The van der Waals surface area contributed by atoms with Gasteiger partial charge in [0.05, 0.1) is 0 Å². The molecule has 0 heterocycles. The molecule has 3 atom stereocenters. The number of carbonyl (C=O) groups is 6. The van der Waals surface area contributed by atoms with Crippen LogP contribution in [-0.2, 0) is 62.8 Å². The third-order valence-electron chi connectivity index (χ3n) is 13.5. The van der Waals surface area contributed by atoms with Gasteiger partial charge in [-0.25, -0.2) is 14.4 Å². The Morgan fingerprint density at radius 2 is 0.595 bits per heavy atom. The fourth-order valence-electron chi connectivity index (χ4n) is 8.71. The first-order valence-corrected chi connectivity index (χ1v) is 26.5. The monoisotopic (exact) mass is 1080 g/mol. The van der Waals surface area contributed by atoms with Crippen LogP contribution in [0, 0.1) is 0 Å². The fourth-order valence-corrected chi connectivity index (χ4v) is 8.71. The van der Waals surface area contributed by atoms with Crippen LogP contribution in [0.15, 0.2) is 164 Å². The molecule has 0 aromatic heterocycles. The smallest absolute Gasteiger partial charge is 0.336 e. The van der Waals surface area contributed by atoms with Crippen molar-refractivity contribution in [3.63, 3.8) is 0 Å². The van der Waals surface area contributed by atoms with Crippen LogP contribution >= 0.6 is 0 Å². The van der Waals surface area contributed by atoms with Gasteiger partial charge in [0.15, 0.2) is 16.6 Å². The van der Waals surface area contributed by atoms with Gasteiger partial charge in [-0.1, -0.05) is 127 Å². The third-order valence-corrected chi connectivity index (χ3v) is 13.5. The van der Waals surface area contributed by atoms with E-state index in [1.54, 1.807) is 72.8 Å². The lowest BCUT2D eigenvalue weighted by molar-refractivity contribution is -0.156. The van der Waals surface area contributed by atoms with Gasteiger partial charge in [0.25, 0.3) is 17.7 Å². The number of ether oxygens (including phenoxy) is 3. The number of hydrogen-bond acceptors (Lipinski definition) is 15. The summed E-state index contributed by atoms with van der Waals surface area (Å²) in [7, 11) is 0. The van der Waals surface area contributed by atoms with Crippen molar-refractivity contribution >= 4 is 52.7 Å². The molecule has 6 aromatic carbocycles. The minimum atomic E-state index is -2.02. The van der Waals surface area contributed by atoms with Gasteiger partial charge in [0.1, 0.15) is 19.8 Å². The number of nitrogens with two attached hydrogens (primary N) is 6. The van der Waals surface area contributed by atoms with Gasteiger partial charge in [0, 0.05) is 23.0 Å². The van der Waals surface area contributed by atoms with E-state index in [9.17, 15) is 28.8 Å². The van der Waals surface area contributed by atoms with Crippen molar-refractivity contribution < 1.29 is 43.0 Å². The molecule has 0 spiro atoms. The van der Waals surface area contributed by atoms with Crippen molar-refractivity contribution in [1.29, 1.82) is 0 Å². The number of carbonyl (C=O) groups excluding carboxylic acids is 6. The molecule has 0 bridgehead atoms. The molecule has 3 amide bonds. The molecule has 0 aliphatic rings. The van der Waals surface area contributed by atoms with Crippen molar-refractivity contribution in [1.82, 2.24) is 0 Å². The van der Waals surface area contributed by atoms with E-state index in [-0.39, 0.29) is 39.1 Å². The molecule has 79 heavy (non-hydrogen) atoms. The first kappa shape index (κ1) is 60.1. The number of esters is 3. The molecule has 0 aliphatic carbocycles. The summed E-state index contributed by atoms with van der Waals surface area (Å²) in [4.78, 5) is 82.6. The predicted octanol–water partition coefficient (Wildman–Crippen LogP) is 6.39. The maximum atomic E-state index is 14.0. The first-order valence-electron chi connectivity index (χ1n) is 26.5. The minimum Gasteiger partial charge on any atom is -0.459 e. The second kappa shape index (κ2) is 29.6. The SMILES string of the molecule is NCCCC[C@@](N)(C(=O)Nc1ccc(C(c2ccc(NC(=O)[C@](N)(CCCCN)C(=O)OCc3ccccc3)cc2)c2ccc(NC(=O)[C@](N)(CCCCN)C(=O)OCc3ccccc3)cc2)cc1)C(=O)OCc1ccccc1. The highest BCUT2D eigenvalue weighted by atomic mass is 16.5. The van der Waals surface area contributed by atoms with E-state index in [0.717, 1.165) is 33.4 Å². The van der Waals surface area contributed by atoms with Gasteiger partial charge in [-0.15, -0.1) is 0 Å². The molecule has 6 aromatic rings.